The predicted molar refractivity (Wildman–Crippen MR) is 118 cm³/mol. The molecule has 31 heavy (non-hydrogen) atoms. The number of hydrogen-bond acceptors (Lipinski definition) is 6. The molecular weight excluding hydrogens is 440 g/mol. The maximum Gasteiger partial charge on any atom is 0.247 e. The standard InChI is InChI=1S/C21H26N2O6S2/c1-15(2)22(13-17-8-6-5-7-9-17)31(27,28)20-12-18(10-11-19(20)29-4)23-21(24)16(3)14-30(23,25)26/h5-12,15-16H,13-14H2,1-4H3. The molecule has 2 aromatic rings. The fourth-order valence-corrected chi connectivity index (χ4v) is 7.13. The van der Waals surface area contributed by atoms with Crippen molar-refractivity contribution < 1.29 is 26.4 Å². The Bertz CT molecular complexity index is 1180. The molecule has 1 saturated heterocycles. The summed E-state index contributed by atoms with van der Waals surface area (Å²) < 4.78 is 59.5. The zero-order chi connectivity index (χ0) is 23.0. The number of ether oxygens (including phenoxy) is 1. The average molecular weight is 467 g/mol. The van der Waals surface area contributed by atoms with Gasteiger partial charge in [-0.05, 0) is 37.6 Å². The van der Waals surface area contributed by atoms with Crippen molar-refractivity contribution in [1.29, 1.82) is 0 Å². The maximum absolute atomic E-state index is 13.6. The lowest BCUT2D eigenvalue weighted by molar-refractivity contribution is -0.119. The molecule has 8 nitrogen and oxygen atoms in total. The van der Waals surface area contributed by atoms with E-state index < -0.39 is 31.9 Å². The topological polar surface area (TPSA) is 101 Å². The number of amides is 1. The van der Waals surface area contributed by atoms with Gasteiger partial charge in [0.2, 0.25) is 26.0 Å². The van der Waals surface area contributed by atoms with Crippen LogP contribution < -0.4 is 9.04 Å². The van der Waals surface area contributed by atoms with E-state index >= 15 is 0 Å². The Morgan fingerprint density at radius 3 is 2.32 bits per heavy atom. The second kappa shape index (κ2) is 8.60. The number of methoxy groups -OCH3 is 1. The van der Waals surface area contributed by atoms with Crippen LogP contribution in [0.4, 0.5) is 5.69 Å². The van der Waals surface area contributed by atoms with Crippen molar-refractivity contribution in [2.75, 3.05) is 17.2 Å². The van der Waals surface area contributed by atoms with Crippen molar-refractivity contribution in [3.63, 3.8) is 0 Å². The fraction of sp³-hybridized carbons (Fsp3) is 0.381. The van der Waals surface area contributed by atoms with Crippen molar-refractivity contribution in [3.8, 4) is 5.75 Å². The summed E-state index contributed by atoms with van der Waals surface area (Å²) in [4.78, 5) is 12.3. The van der Waals surface area contributed by atoms with Crippen LogP contribution in [0.5, 0.6) is 5.75 Å². The third kappa shape index (κ3) is 4.46. The van der Waals surface area contributed by atoms with Crippen LogP contribution in [0, 0.1) is 5.92 Å². The van der Waals surface area contributed by atoms with Crippen molar-refractivity contribution in [2.45, 2.75) is 38.3 Å². The number of anilines is 1. The fourth-order valence-electron chi connectivity index (χ4n) is 3.51. The van der Waals surface area contributed by atoms with Gasteiger partial charge in [0.15, 0.2) is 0 Å². The van der Waals surface area contributed by atoms with Gasteiger partial charge >= 0.3 is 0 Å². The van der Waals surface area contributed by atoms with Gasteiger partial charge in [-0.3, -0.25) is 4.79 Å². The van der Waals surface area contributed by atoms with Gasteiger partial charge < -0.3 is 4.74 Å². The van der Waals surface area contributed by atoms with E-state index in [1.54, 1.807) is 13.8 Å². The van der Waals surface area contributed by atoms with E-state index in [4.69, 9.17) is 4.74 Å². The zero-order valence-electron chi connectivity index (χ0n) is 17.8. The van der Waals surface area contributed by atoms with Gasteiger partial charge in [-0.25, -0.2) is 21.1 Å². The quantitative estimate of drug-likeness (QED) is 0.622. The normalized spacial score (nSPS) is 18.7. The Balaban J connectivity index is 2.11. The van der Waals surface area contributed by atoms with Crippen molar-refractivity contribution in [3.05, 3.63) is 54.1 Å². The Kier molecular flexibility index (Phi) is 6.45. The van der Waals surface area contributed by atoms with E-state index in [0.29, 0.717) is 4.31 Å². The molecule has 2 aromatic carbocycles. The molecule has 10 heteroatoms. The first kappa shape index (κ1) is 23.2. The maximum atomic E-state index is 13.6. The lowest BCUT2D eigenvalue weighted by atomic mass is 10.2. The molecular formula is C21H26N2O6S2. The molecule has 0 aliphatic carbocycles. The molecule has 1 atom stereocenters. The summed E-state index contributed by atoms with van der Waals surface area (Å²) in [6.07, 6.45) is 0. The van der Waals surface area contributed by atoms with Gasteiger partial charge in [-0.2, -0.15) is 4.31 Å². The van der Waals surface area contributed by atoms with Crippen LogP contribution >= 0.6 is 0 Å². The van der Waals surface area contributed by atoms with E-state index in [2.05, 4.69) is 0 Å². The number of benzene rings is 2. The molecule has 1 amide bonds. The smallest absolute Gasteiger partial charge is 0.247 e. The molecule has 3 rings (SSSR count). The molecule has 1 aliphatic heterocycles. The number of hydrogen-bond donors (Lipinski definition) is 0. The van der Waals surface area contributed by atoms with Crippen molar-refractivity contribution in [1.82, 2.24) is 4.31 Å². The van der Waals surface area contributed by atoms with Gasteiger partial charge in [0.05, 0.1) is 24.5 Å². The van der Waals surface area contributed by atoms with E-state index in [0.717, 1.165) is 5.56 Å². The van der Waals surface area contributed by atoms with Gasteiger partial charge in [0.25, 0.3) is 0 Å². The van der Waals surface area contributed by atoms with Crippen LogP contribution in [0.15, 0.2) is 53.4 Å². The second-order valence-corrected chi connectivity index (χ2v) is 11.5. The van der Waals surface area contributed by atoms with Crippen molar-refractivity contribution >= 4 is 31.6 Å². The predicted octanol–water partition coefficient (Wildman–Crippen LogP) is 2.61. The highest BCUT2D eigenvalue weighted by Gasteiger charge is 2.42. The summed E-state index contributed by atoms with van der Waals surface area (Å²) in [7, 11) is -6.62. The monoisotopic (exact) mass is 466 g/mol. The van der Waals surface area contributed by atoms with Crippen LogP contribution in [0.3, 0.4) is 0 Å². The lowest BCUT2D eigenvalue weighted by Crippen LogP contribution is -2.37. The van der Waals surface area contributed by atoms with E-state index in [1.807, 2.05) is 30.3 Å². The highest BCUT2D eigenvalue weighted by molar-refractivity contribution is 7.94. The molecule has 1 heterocycles. The molecule has 0 N–H and O–H groups in total. The van der Waals surface area contributed by atoms with E-state index in [9.17, 15) is 21.6 Å². The van der Waals surface area contributed by atoms with Crippen LogP contribution in [0.1, 0.15) is 26.3 Å². The number of nitrogens with zero attached hydrogens (tertiary/aromatic N) is 2. The Hall–Kier alpha value is -2.43. The molecule has 0 saturated carbocycles. The molecule has 1 fully saturated rings. The summed E-state index contributed by atoms with van der Waals surface area (Å²) in [5.74, 6) is -1.53. The summed E-state index contributed by atoms with van der Waals surface area (Å²) in [6.45, 7) is 5.17. The zero-order valence-corrected chi connectivity index (χ0v) is 19.5. The minimum Gasteiger partial charge on any atom is -0.495 e. The van der Waals surface area contributed by atoms with Crippen LogP contribution in [-0.4, -0.2) is 46.0 Å². The number of sulfonamides is 2. The minimum atomic E-state index is -4.09. The minimum absolute atomic E-state index is 0.0165. The largest absolute Gasteiger partial charge is 0.495 e. The summed E-state index contributed by atoms with van der Waals surface area (Å²) in [5, 5.41) is 0. The van der Waals surface area contributed by atoms with E-state index in [-0.39, 0.29) is 34.7 Å². The molecule has 168 valence electrons. The summed E-state index contributed by atoms with van der Waals surface area (Å²) in [6, 6.07) is 12.7. The Morgan fingerprint density at radius 2 is 1.81 bits per heavy atom. The Labute approximate surface area is 183 Å². The van der Waals surface area contributed by atoms with Gasteiger partial charge in [-0.1, -0.05) is 37.3 Å². The SMILES string of the molecule is COc1ccc(N2C(=O)C(C)CS2(=O)=O)cc1S(=O)(=O)N(Cc1ccccc1)C(C)C. The summed E-state index contributed by atoms with van der Waals surface area (Å²) >= 11 is 0. The Morgan fingerprint density at radius 1 is 1.16 bits per heavy atom. The molecule has 0 aromatic heterocycles. The third-order valence-corrected chi connectivity index (χ3v) is 9.00. The van der Waals surface area contributed by atoms with Crippen LogP contribution in [-0.2, 0) is 31.4 Å². The molecule has 1 aliphatic rings. The van der Waals surface area contributed by atoms with Gasteiger partial charge in [0.1, 0.15) is 10.6 Å². The molecule has 0 radical (unpaired) electrons. The number of rotatable bonds is 7. The summed E-state index contributed by atoms with van der Waals surface area (Å²) in [5.41, 5.74) is 0.790. The highest BCUT2D eigenvalue weighted by atomic mass is 32.2. The molecule has 1 unspecified atom stereocenters. The number of carbonyl (C=O) groups is 1. The van der Waals surface area contributed by atoms with Crippen LogP contribution in [0.25, 0.3) is 0 Å². The van der Waals surface area contributed by atoms with Crippen LogP contribution in [0.2, 0.25) is 0 Å². The highest BCUT2D eigenvalue weighted by Crippen LogP contribution is 2.36. The number of carbonyl (C=O) groups excluding carboxylic acids is 1. The first-order chi connectivity index (χ1) is 14.5. The van der Waals surface area contributed by atoms with Crippen molar-refractivity contribution in [2.24, 2.45) is 5.92 Å². The molecule has 0 bridgehead atoms. The first-order valence-corrected chi connectivity index (χ1v) is 12.8. The average Bonchev–Trinajstić information content (AvgIpc) is 2.92. The van der Waals surface area contributed by atoms with E-state index in [1.165, 1.54) is 36.5 Å². The molecule has 0 spiro atoms. The first-order valence-electron chi connectivity index (χ1n) is 9.79. The van der Waals surface area contributed by atoms with Gasteiger partial charge in [-0.15, -0.1) is 0 Å². The van der Waals surface area contributed by atoms with Gasteiger partial charge in [0, 0.05) is 12.6 Å². The second-order valence-electron chi connectivity index (χ2n) is 7.75. The lowest BCUT2D eigenvalue weighted by Gasteiger charge is -2.27. The third-order valence-electron chi connectivity index (χ3n) is 5.09.